The van der Waals surface area contributed by atoms with Crippen LogP contribution in [0.3, 0.4) is 0 Å². The SMILES string of the molecule is NCc1ccc(-c2cnc3ccc(NCCOC4CCCC4)nn23)cc1. The summed E-state index contributed by atoms with van der Waals surface area (Å²) in [4.78, 5) is 4.45. The molecule has 1 aliphatic carbocycles. The van der Waals surface area contributed by atoms with Gasteiger partial charge in [0, 0.05) is 18.7 Å². The minimum Gasteiger partial charge on any atom is -0.376 e. The summed E-state index contributed by atoms with van der Waals surface area (Å²) in [7, 11) is 0. The molecular formula is C20H25N5O. The van der Waals surface area contributed by atoms with E-state index in [1.165, 1.54) is 25.7 Å². The maximum atomic E-state index is 5.89. The van der Waals surface area contributed by atoms with Gasteiger partial charge in [0.05, 0.1) is 24.6 Å². The summed E-state index contributed by atoms with van der Waals surface area (Å²) in [5.41, 5.74) is 9.66. The molecule has 0 amide bonds. The number of benzene rings is 1. The first-order valence-corrected chi connectivity index (χ1v) is 9.33. The molecule has 0 atom stereocenters. The predicted octanol–water partition coefficient (Wildman–Crippen LogP) is 3.23. The van der Waals surface area contributed by atoms with Crippen molar-refractivity contribution in [3.63, 3.8) is 0 Å². The standard InChI is InChI=1S/C20H25N5O/c21-13-15-5-7-16(8-6-15)18-14-23-20-10-9-19(24-25(18)20)22-11-12-26-17-3-1-2-4-17/h5-10,14,17H,1-4,11-13,21H2,(H,22,24). The van der Waals surface area contributed by atoms with Crippen molar-refractivity contribution in [2.24, 2.45) is 5.73 Å². The van der Waals surface area contributed by atoms with E-state index >= 15 is 0 Å². The molecule has 0 saturated heterocycles. The van der Waals surface area contributed by atoms with Crippen LogP contribution in [0.15, 0.2) is 42.6 Å². The monoisotopic (exact) mass is 351 g/mol. The van der Waals surface area contributed by atoms with E-state index in [-0.39, 0.29) is 0 Å². The third-order valence-corrected chi connectivity index (χ3v) is 4.91. The highest BCUT2D eigenvalue weighted by Crippen LogP contribution is 2.22. The van der Waals surface area contributed by atoms with Crippen LogP contribution in [-0.4, -0.2) is 33.9 Å². The molecule has 0 unspecified atom stereocenters. The summed E-state index contributed by atoms with van der Waals surface area (Å²) >= 11 is 0. The number of anilines is 1. The molecule has 1 fully saturated rings. The average molecular weight is 351 g/mol. The van der Waals surface area contributed by atoms with Gasteiger partial charge in [-0.1, -0.05) is 37.1 Å². The van der Waals surface area contributed by atoms with Crippen molar-refractivity contribution in [3.05, 3.63) is 48.2 Å². The zero-order chi connectivity index (χ0) is 17.8. The Kier molecular flexibility index (Phi) is 5.13. The summed E-state index contributed by atoms with van der Waals surface area (Å²) in [5, 5.41) is 8.03. The molecule has 2 aromatic heterocycles. The third-order valence-electron chi connectivity index (χ3n) is 4.91. The van der Waals surface area contributed by atoms with Crippen LogP contribution >= 0.6 is 0 Å². The fourth-order valence-corrected chi connectivity index (χ4v) is 3.44. The molecule has 0 spiro atoms. The summed E-state index contributed by atoms with van der Waals surface area (Å²) in [5.74, 6) is 0.824. The van der Waals surface area contributed by atoms with Crippen molar-refractivity contribution in [1.82, 2.24) is 14.6 Å². The molecule has 0 radical (unpaired) electrons. The summed E-state index contributed by atoms with van der Waals surface area (Å²) in [6.07, 6.45) is 7.30. The van der Waals surface area contributed by atoms with Gasteiger partial charge in [0.25, 0.3) is 0 Å². The molecule has 0 aliphatic heterocycles. The lowest BCUT2D eigenvalue weighted by Crippen LogP contribution is -2.16. The Morgan fingerprint density at radius 2 is 1.92 bits per heavy atom. The molecular weight excluding hydrogens is 326 g/mol. The van der Waals surface area contributed by atoms with Gasteiger partial charge < -0.3 is 15.8 Å². The number of fused-ring (bicyclic) bond motifs is 1. The smallest absolute Gasteiger partial charge is 0.154 e. The summed E-state index contributed by atoms with van der Waals surface area (Å²) in [6, 6.07) is 12.1. The molecule has 136 valence electrons. The van der Waals surface area contributed by atoms with Crippen LogP contribution in [0.25, 0.3) is 16.9 Å². The van der Waals surface area contributed by atoms with E-state index in [2.05, 4.69) is 27.5 Å². The number of rotatable bonds is 7. The Morgan fingerprint density at radius 3 is 2.69 bits per heavy atom. The number of ether oxygens (including phenoxy) is 1. The van der Waals surface area contributed by atoms with Crippen LogP contribution in [0, 0.1) is 0 Å². The zero-order valence-corrected chi connectivity index (χ0v) is 14.9. The van der Waals surface area contributed by atoms with Crippen molar-refractivity contribution < 1.29 is 4.74 Å². The van der Waals surface area contributed by atoms with Crippen molar-refractivity contribution >= 4 is 11.5 Å². The molecule has 1 aromatic carbocycles. The molecule has 0 bridgehead atoms. The first-order valence-electron chi connectivity index (χ1n) is 9.33. The average Bonchev–Trinajstić information content (AvgIpc) is 3.35. The van der Waals surface area contributed by atoms with Gasteiger partial charge in [-0.15, -0.1) is 5.10 Å². The minimum atomic E-state index is 0.448. The van der Waals surface area contributed by atoms with Crippen molar-refractivity contribution in [3.8, 4) is 11.3 Å². The molecule has 6 heteroatoms. The van der Waals surface area contributed by atoms with Crippen molar-refractivity contribution in [2.45, 2.75) is 38.3 Å². The van der Waals surface area contributed by atoms with Crippen molar-refractivity contribution in [2.75, 3.05) is 18.5 Å². The number of aromatic nitrogens is 3. The summed E-state index contributed by atoms with van der Waals surface area (Å²) in [6.45, 7) is 2.01. The molecule has 1 saturated carbocycles. The Morgan fingerprint density at radius 1 is 1.12 bits per heavy atom. The quantitative estimate of drug-likeness (QED) is 0.639. The van der Waals surface area contributed by atoms with Crippen LogP contribution in [-0.2, 0) is 11.3 Å². The highest BCUT2D eigenvalue weighted by molar-refractivity contribution is 5.63. The molecule has 1 aliphatic rings. The second-order valence-corrected chi connectivity index (χ2v) is 6.74. The van der Waals surface area contributed by atoms with Gasteiger partial charge in [0.1, 0.15) is 5.82 Å². The van der Waals surface area contributed by atoms with E-state index in [4.69, 9.17) is 10.5 Å². The lowest BCUT2D eigenvalue weighted by molar-refractivity contribution is 0.0658. The van der Waals surface area contributed by atoms with Gasteiger partial charge in [-0.3, -0.25) is 0 Å². The Balaban J connectivity index is 1.45. The van der Waals surface area contributed by atoms with Gasteiger partial charge in [-0.05, 0) is 30.5 Å². The van der Waals surface area contributed by atoms with E-state index < -0.39 is 0 Å². The fraction of sp³-hybridized carbons (Fsp3) is 0.400. The second-order valence-electron chi connectivity index (χ2n) is 6.74. The number of nitrogens with one attached hydrogen (secondary N) is 1. The van der Waals surface area contributed by atoms with E-state index in [1.54, 1.807) is 0 Å². The highest BCUT2D eigenvalue weighted by atomic mass is 16.5. The van der Waals surface area contributed by atoms with Gasteiger partial charge in [0.15, 0.2) is 5.65 Å². The molecule has 3 aromatic rings. The molecule has 4 rings (SSSR count). The topological polar surface area (TPSA) is 77.5 Å². The number of nitrogens with zero attached hydrogens (tertiary/aromatic N) is 3. The second kappa shape index (κ2) is 7.85. The maximum absolute atomic E-state index is 5.89. The van der Waals surface area contributed by atoms with Crippen LogP contribution in [0.1, 0.15) is 31.2 Å². The minimum absolute atomic E-state index is 0.448. The zero-order valence-electron chi connectivity index (χ0n) is 14.9. The maximum Gasteiger partial charge on any atom is 0.154 e. The summed E-state index contributed by atoms with van der Waals surface area (Å²) < 4.78 is 7.77. The molecule has 3 N–H and O–H groups in total. The number of hydrogen-bond donors (Lipinski definition) is 2. The van der Waals surface area contributed by atoms with Gasteiger partial charge in [0.2, 0.25) is 0 Å². The fourth-order valence-electron chi connectivity index (χ4n) is 3.44. The number of hydrogen-bond acceptors (Lipinski definition) is 5. The molecule has 6 nitrogen and oxygen atoms in total. The lowest BCUT2D eigenvalue weighted by atomic mass is 10.1. The van der Waals surface area contributed by atoms with Gasteiger partial charge >= 0.3 is 0 Å². The normalized spacial score (nSPS) is 15.0. The van der Waals surface area contributed by atoms with Gasteiger partial charge in [-0.25, -0.2) is 9.50 Å². The van der Waals surface area contributed by atoms with E-state index in [9.17, 15) is 0 Å². The van der Waals surface area contributed by atoms with Crippen LogP contribution in [0.2, 0.25) is 0 Å². The first kappa shape index (κ1) is 17.0. The van der Waals surface area contributed by atoms with Crippen molar-refractivity contribution in [1.29, 1.82) is 0 Å². The Hall–Kier alpha value is -2.44. The van der Waals surface area contributed by atoms with E-state index in [1.807, 2.05) is 35.0 Å². The Bertz CT molecular complexity index is 852. The number of imidazole rings is 1. The Labute approximate surface area is 153 Å². The van der Waals surface area contributed by atoms with Crippen LogP contribution < -0.4 is 11.1 Å². The van der Waals surface area contributed by atoms with Crippen LogP contribution in [0.4, 0.5) is 5.82 Å². The largest absolute Gasteiger partial charge is 0.376 e. The third kappa shape index (κ3) is 3.71. The van der Waals surface area contributed by atoms with E-state index in [0.29, 0.717) is 19.3 Å². The molecule has 2 heterocycles. The predicted molar refractivity (Wildman–Crippen MR) is 103 cm³/mol. The van der Waals surface area contributed by atoms with Gasteiger partial charge in [-0.2, -0.15) is 0 Å². The van der Waals surface area contributed by atoms with E-state index in [0.717, 1.165) is 34.8 Å². The van der Waals surface area contributed by atoms with Crippen LogP contribution in [0.5, 0.6) is 0 Å². The lowest BCUT2D eigenvalue weighted by Gasteiger charge is -2.12. The highest BCUT2D eigenvalue weighted by Gasteiger charge is 2.14. The number of nitrogens with two attached hydrogens (primary N) is 1. The first-order chi connectivity index (χ1) is 12.8. The molecule has 26 heavy (non-hydrogen) atoms.